The summed E-state index contributed by atoms with van der Waals surface area (Å²) in [5.41, 5.74) is 0.748. The molecular formula is C54H53Cl4F4N5O11. The van der Waals surface area contributed by atoms with Gasteiger partial charge in [-0.2, -0.15) is 27.6 Å². The third kappa shape index (κ3) is 16.4. The number of amides is 2. The number of alkyl halides is 4. The summed E-state index contributed by atoms with van der Waals surface area (Å²) in [6, 6.07) is 15.9. The zero-order chi connectivity index (χ0) is 56.1. The average Bonchev–Trinajstić information content (AvgIpc) is 4.38. The van der Waals surface area contributed by atoms with Gasteiger partial charge in [-0.3, -0.25) is 19.4 Å². The summed E-state index contributed by atoms with van der Waals surface area (Å²) >= 11 is 23.8. The van der Waals surface area contributed by atoms with E-state index in [1.165, 1.54) is 61.6 Å². The van der Waals surface area contributed by atoms with Crippen LogP contribution in [0.2, 0.25) is 20.1 Å². The number of pyridine rings is 2. The van der Waals surface area contributed by atoms with Gasteiger partial charge in [-0.15, -0.1) is 0 Å². The van der Waals surface area contributed by atoms with Crippen molar-refractivity contribution >= 4 is 69.9 Å². The van der Waals surface area contributed by atoms with Crippen LogP contribution in [0.25, 0.3) is 0 Å². The number of nitriles is 1. The Balaban J connectivity index is 0.000000170. The molecule has 2 aromatic heterocycles. The first kappa shape index (κ1) is 59.0. The van der Waals surface area contributed by atoms with E-state index >= 15 is 0 Å². The first-order valence-electron chi connectivity index (χ1n) is 24.7. The molecule has 16 nitrogen and oxygen atoms in total. The van der Waals surface area contributed by atoms with E-state index in [9.17, 15) is 47.5 Å². The number of aromatic nitrogens is 2. The Morgan fingerprint density at radius 2 is 1.27 bits per heavy atom. The van der Waals surface area contributed by atoms with Gasteiger partial charge in [0.25, 0.3) is 11.8 Å². The molecule has 3 aromatic carbocycles. The Labute approximate surface area is 465 Å². The Morgan fingerprint density at radius 1 is 0.744 bits per heavy atom. The van der Waals surface area contributed by atoms with Crippen LogP contribution in [0.15, 0.2) is 84.4 Å². The Kier molecular flexibility index (Phi) is 20.6. The lowest BCUT2D eigenvalue weighted by Crippen LogP contribution is -2.33. The van der Waals surface area contributed by atoms with Crippen LogP contribution in [0.1, 0.15) is 103 Å². The summed E-state index contributed by atoms with van der Waals surface area (Å²) in [4.78, 5) is 43.7. The van der Waals surface area contributed by atoms with Gasteiger partial charge in [0, 0.05) is 23.5 Å². The lowest BCUT2D eigenvalue weighted by atomic mass is 9.67. The maximum atomic E-state index is 12.6. The van der Waals surface area contributed by atoms with Crippen molar-refractivity contribution < 1.29 is 70.7 Å². The lowest BCUT2D eigenvalue weighted by Gasteiger charge is -2.34. The van der Waals surface area contributed by atoms with Crippen LogP contribution in [0.3, 0.4) is 0 Å². The summed E-state index contributed by atoms with van der Waals surface area (Å²) in [5.74, 6) is -0.364. The van der Waals surface area contributed by atoms with Crippen molar-refractivity contribution in [3.05, 3.63) is 122 Å². The molecule has 3 N–H and O–H groups in total. The molecule has 4 saturated carbocycles. The predicted molar refractivity (Wildman–Crippen MR) is 279 cm³/mol. The second kappa shape index (κ2) is 27.3. The number of carbonyl (C=O) groups excluding carboxylic acids is 2. The number of carbonyl (C=O) groups is 3. The molecule has 24 heteroatoms. The molecule has 78 heavy (non-hydrogen) atoms. The van der Waals surface area contributed by atoms with Gasteiger partial charge in [0.2, 0.25) is 0 Å². The highest BCUT2D eigenvalue weighted by Crippen LogP contribution is 2.45. The monoisotopic (exact) mass is 1160 g/mol. The number of hydrogen-bond donors (Lipinski definition) is 3. The molecule has 4 aliphatic rings. The van der Waals surface area contributed by atoms with E-state index in [1.54, 1.807) is 7.11 Å². The average molecular weight is 1170 g/mol. The van der Waals surface area contributed by atoms with E-state index in [2.05, 4.69) is 30.8 Å². The van der Waals surface area contributed by atoms with Crippen molar-refractivity contribution in [1.82, 2.24) is 9.71 Å². The minimum Gasteiger partial charge on any atom is -0.493 e. The number of nitrogens with one attached hydrogen (secondary N) is 1. The van der Waals surface area contributed by atoms with Crippen LogP contribution in [-0.4, -0.2) is 77.5 Å². The minimum atomic E-state index is -3.02. The number of nitrogens with zero attached hydrogens (tertiary/aromatic N) is 4. The van der Waals surface area contributed by atoms with Crippen molar-refractivity contribution in [3.63, 3.8) is 0 Å². The molecule has 2 amide bonds. The SMILES string of the molecule is COc1ccc(C2(C#N)CCC(C(=O)O)CC2)cc1OC1CCCC1.O=C(N=c1c(Cl)cn(O)cc1Cl)c1ccc(OC(F)F)c(OCC2CC2)c1.O=C(Nc1c(Cl)cncc1Cl)c1ccc(OC(F)F)c(OCC2CC2)c1. The largest absolute Gasteiger partial charge is 0.493 e. The molecule has 0 saturated heterocycles. The van der Waals surface area contributed by atoms with E-state index in [0.29, 0.717) is 67.0 Å². The highest BCUT2D eigenvalue weighted by Gasteiger charge is 2.40. The number of halogens is 8. The molecule has 0 radical (unpaired) electrons. The van der Waals surface area contributed by atoms with E-state index in [4.69, 9.17) is 65.4 Å². The second-order valence-corrected chi connectivity index (χ2v) is 20.4. The van der Waals surface area contributed by atoms with Crippen molar-refractivity contribution in [2.45, 2.75) is 102 Å². The third-order valence-corrected chi connectivity index (χ3v) is 14.3. The van der Waals surface area contributed by atoms with Gasteiger partial charge in [0.05, 0.1) is 82.0 Å². The van der Waals surface area contributed by atoms with Gasteiger partial charge < -0.3 is 44.1 Å². The van der Waals surface area contributed by atoms with Gasteiger partial charge >= 0.3 is 19.2 Å². The summed E-state index contributed by atoms with van der Waals surface area (Å²) in [5, 5.41) is 31.2. The fourth-order valence-corrected chi connectivity index (χ4v) is 9.45. The van der Waals surface area contributed by atoms with Gasteiger partial charge in [-0.25, -0.2) is 4.99 Å². The fraction of sp³-hybridized carbons (Fsp3) is 0.407. The Bertz CT molecular complexity index is 3010. The first-order valence-corrected chi connectivity index (χ1v) is 26.2. The summed E-state index contributed by atoms with van der Waals surface area (Å²) < 4.78 is 82.4. The van der Waals surface area contributed by atoms with Crippen LogP contribution in [0.4, 0.5) is 23.2 Å². The van der Waals surface area contributed by atoms with E-state index < -0.39 is 36.4 Å². The molecule has 0 atom stereocenters. The number of anilines is 1. The highest BCUT2D eigenvalue weighted by atomic mass is 35.5. The van der Waals surface area contributed by atoms with Gasteiger partial charge in [-0.1, -0.05) is 52.5 Å². The van der Waals surface area contributed by atoms with Crippen molar-refractivity contribution in [2.24, 2.45) is 22.7 Å². The number of rotatable bonds is 18. The molecule has 416 valence electrons. The molecule has 9 rings (SSSR count). The standard InChI is InChI=1S/C20H25NO4.C17H14Cl2F2N2O4.C17H14Cl2F2N2O3/c1-24-17-7-6-15(12-18(17)25-16-4-2-3-5-16)20(13-21)10-8-14(9-11-20)19(22)23;18-11-6-23(25)7-12(19)15(11)22-16(24)10-3-4-13(27-17(20)21)14(5-10)26-8-9-1-2-9;18-11-6-22-7-12(19)15(11)23-16(24)10-3-4-13(26-17(20)21)14(5-10)25-8-9-1-2-9/h6-7,12,14,16H,2-5,8-11H2,1H3,(H,22,23);3-7,9,17,25H,1-2,8H2;3-7,9,17H,1-2,8H2,(H,22,23,24). The maximum absolute atomic E-state index is 12.6. The highest BCUT2D eigenvalue weighted by molar-refractivity contribution is 6.39. The number of carboxylic acids is 1. The molecule has 2 heterocycles. The number of hydrogen-bond acceptors (Lipinski definition) is 12. The minimum absolute atomic E-state index is 0.0259. The normalized spacial score (nSPS) is 17.8. The van der Waals surface area contributed by atoms with E-state index in [0.717, 1.165) is 56.5 Å². The second-order valence-electron chi connectivity index (χ2n) is 18.8. The van der Waals surface area contributed by atoms with Gasteiger partial charge in [-0.05, 0) is 143 Å². The van der Waals surface area contributed by atoms with Crippen molar-refractivity contribution in [1.29, 1.82) is 5.26 Å². The Hall–Kier alpha value is -6.66. The first-order chi connectivity index (χ1) is 37.3. The number of aliphatic carboxylic acids is 1. The van der Waals surface area contributed by atoms with E-state index in [1.807, 2.05) is 18.2 Å². The van der Waals surface area contributed by atoms with Crippen LogP contribution in [0, 0.1) is 29.1 Å². The van der Waals surface area contributed by atoms with Crippen molar-refractivity contribution in [2.75, 3.05) is 25.6 Å². The van der Waals surface area contributed by atoms with Gasteiger partial charge in [0.1, 0.15) is 5.36 Å². The van der Waals surface area contributed by atoms with Crippen LogP contribution in [-0.2, 0) is 10.2 Å². The van der Waals surface area contributed by atoms with Crippen LogP contribution >= 0.6 is 46.4 Å². The van der Waals surface area contributed by atoms with E-state index in [-0.39, 0.29) is 77.3 Å². The predicted octanol–water partition coefficient (Wildman–Crippen LogP) is 13.2. The molecule has 0 unspecified atom stereocenters. The van der Waals surface area contributed by atoms with Crippen LogP contribution in [0.5, 0.6) is 34.5 Å². The maximum Gasteiger partial charge on any atom is 0.387 e. The number of carboxylic acid groups (broad SMARTS) is 1. The Morgan fingerprint density at radius 3 is 1.77 bits per heavy atom. The third-order valence-electron chi connectivity index (χ3n) is 13.1. The fourth-order valence-electron chi connectivity index (χ4n) is 8.46. The number of ether oxygens (including phenoxy) is 6. The summed E-state index contributed by atoms with van der Waals surface area (Å²) in [6.45, 7) is -5.28. The molecule has 4 fully saturated rings. The molecule has 0 aliphatic heterocycles. The molecule has 5 aromatic rings. The zero-order valence-electron chi connectivity index (χ0n) is 41.8. The smallest absolute Gasteiger partial charge is 0.387 e. The summed E-state index contributed by atoms with van der Waals surface area (Å²) in [6.07, 6.45) is 15.9. The van der Waals surface area contributed by atoms with Crippen molar-refractivity contribution in [3.8, 4) is 40.6 Å². The van der Waals surface area contributed by atoms with Gasteiger partial charge in [0.15, 0.2) is 34.5 Å². The zero-order valence-corrected chi connectivity index (χ0v) is 44.8. The molecule has 4 aliphatic carbocycles. The van der Waals surface area contributed by atoms with Crippen LogP contribution < -0.4 is 39.1 Å². The molecule has 0 spiro atoms. The number of methoxy groups -OCH3 is 1. The lowest BCUT2D eigenvalue weighted by molar-refractivity contribution is -0.143. The molecule has 0 bridgehead atoms. The quantitative estimate of drug-likeness (QED) is 0.0551. The topological polar surface area (TPSA) is 213 Å². The number of benzene rings is 3. The summed E-state index contributed by atoms with van der Waals surface area (Å²) in [7, 11) is 1.62. The molecular weight excluding hydrogens is 1110 g/mol.